The largest absolute Gasteiger partial charge is 0.337 e. The molecule has 1 aromatic heterocycles. The summed E-state index contributed by atoms with van der Waals surface area (Å²) < 4.78 is 2.08. The van der Waals surface area contributed by atoms with Gasteiger partial charge in [0.25, 0.3) is 0 Å². The number of nitrogens with zero attached hydrogens (tertiary/aromatic N) is 3. The van der Waals surface area contributed by atoms with Crippen LogP contribution in [-0.4, -0.2) is 28.0 Å². The minimum Gasteiger partial charge on any atom is -0.337 e. The van der Waals surface area contributed by atoms with Gasteiger partial charge in [0.2, 0.25) is 0 Å². The lowest BCUT2D eigenvalue weighted by Gasteiger charge is -2.23. The lowest BCUT2D eigenvalue weighted by atomic mass is 9.92. The Morgan fingerprint density at radius 2 is 2.07 bits per heavy atom. The molecule has 0 saturated carbocycles. The molecule has 0 unspecified atom stereocenters. The summed E-state index contributed by atoms with van der Waals surface area (Å²) in [6, 6.07) is 0. The van der Waals surface area contributed by atoms with E-state index >= 15 is 0 Å². The van der Waals surface area contributed by atoms with Crippen LogP contribution in [0.3, 0.4) is 0 Å². The van der Waals surface area contributed by atoms with Gasteiger partial charge in [-0.2, -0.15) is 0 Å². The van der Waals surface area contributed by atoms with E-state index in [9.17, 15) is 0 Å². The summed E-state index contributed by atoms with van der Waals surface area (Å²) >= 11 is 0. The van der Waals surface area contributed by atoms with Crippen molar-refractivity contribution < 1.29 is 0 Å². The van der Waals surface area contributed by atoms with E-state index in [1.807, 2.05) is 19.4 Å². The van der Waals surface area contributed by atoms with Gasteiger partial charge in [-0.15, -0.1) is 0 Å². The third-order valence-electron chi connectivity index (χ3n) is 2.58. The summed E-state index contributed by atoms with van der Waals surface area (Å²) in [6.45, 7) is 8.89. The van der Waals surface area contributed by atoms with Crippen LogP contribution in [-0.2, 0) is 13.6 Å². The summed E-state index contributed by atoms with van der Waals surface area (Å²) in [5.41, 5.74) is 0.413. The Bertz CT molecular complexity index is 296. The number of imidazole rings is 1. The van der Waals surface area contributed by atoms with Gasteiger partial charge in [0.05, 0.1) is 6.54 Å². The molecule has 1 aromatic rings. The Labute approximate surface area is 93.1 Å². The maximum Gasteiger partial charge on any atom is 0.122 e. The number of aryl methyl sites for hydroxylation is 1. The van der Waals surface area contributed by atoms with Crippen LogP contribution in [0.1, 0.15) is 33.0 Å². The molecule has 0 aliphatic heterocycles. The smallest absolute Gasteiger partial charge is 0.122 e. The zero-order valence-electron chi connectivity index (χ0n) is 10.6. The summed E-state index contributed by atoms with van der Waals surface area (Å²) in [7, 11) is 4.19. The Morgan fingerprint density at radius 3 is 2.53 bits per heavy atom. The molecule has 15 heavy (non-hydrogen) atoms. The number of aromatic nitrogens is 2. The predicted octanol–water partition coefficient (Wildman–Crippen LogP) is 2.29. The van der Waals surface area contributed by atoms with Crippen LogP contribution in [0.15, 0.2) is 12.4 Å². The van der Waals surface area contributed by atoms with E-state index in [4.69, 9.17) is 0 Å². The van der Waals surface area contributed by atoms with Crippen LogP contribution < -0.4 is 0 Å². The van der Waals surface area contributed by atoms with Crippen LogP contribution in [0, 0.1) is 5.41 Å². The maximum absolute atomic E-state index is 4.32. The van der Waals surface area contributed by atoms with Crippen LogP contribution >= 0.6 is 0 Å². The van der Waals surface area contributed by atoms with Gasteiger partial charge in [0, 0.05) is 19.4 Å². The number of hydrogen-bond acceptors (Lipinski definition) is 2. The standard InChI is InChI=1S/C12H23N3/c1-12(2,3)6-8-14(4)10-11-13-7-9-15(11)5/h7,9H,6,8,10H2,1-5H3. The fraction of sp³-hybridized carbons (Fsp3) is 0.750. The topological polar surface area (TPSA) is 21.1 Å². The average Bonchev–Trinajstić information content (AvgIpc) is 2.47. The van der Waals surface area contributed by atoms with Crippen molar-refractivity contribution in [2.45, 2.75) is 33.7 Å². The second-order valence-corrected chi connectivity index (χ2v) is 5.50. The van der Waals surface area contributed by atoms with Gasteiger partial charge in [0.1, 0.15) is 5.82 Å². The van der Waals surface area contributed by atoms with E-state index in [0.29, 0.717) is 5.41 Å². The highest BCUT2D eigenvalue weighted by Gasteiger charge is 2.12. The van der Waals surface area contributed by atoms with Crippen LogP contribution in [0.2, 0.25) is 0 Å². The number of rotatable bonds is 4. The molecule has 0 bridgehead atoms. The molecule has 0 spiro atoms. The van der Waals surface area contributed by atoms with E-state index in [-0.39, 0.29) is 0 Å². The van der Waals surface area contributed by atoms with Crippen molar-refractivity contribution in [3.63, 3.8) is 0 Å². The molecular weight excluding hydrogens is 186 g/mol. The molecule has 0 aromatic carbocycles. The lowest BCUT2D eigenvalue weighted by molar-refractivity contribution is 0.253. The predicted molar refractivity (Wildman–Crippen MR) is 63.6 cm³/mol. The monoisotopic (exact) mass is 209 g/mol. The minimum atomic E-state index is 0.413. The van der Waals surface area contributed by atoms with E-state index in [2.05, 4.69) is 42.3 Å². The summed E-state index contributed by atoms with van der Waals surface area (Å²) in [6.07, 6.45) is 5.06. The molecule has 1 heterocycles. The quantitative estimate of drug-likeness (QED) is 0.758. The first kappa shape index (κ1) is 12.2. The molecule has 86 valence electrons. The third kappa shape index (κ3) is 4.47. The van der Waals surface area contributed by atoms with E-state index in [1.165, 1.54) is 6.42 Å². The van der Waals surface area contributed by atoms with Gasteiger partial charge < -0.3 is 4.57 Å². The van der Waals surface area contributed by atoms with Crippen LogP contribution in [0.5, 0.6) is 0 Å². The fourth-order valence-electron chi connectivity index (χ4n) is 1.40. The molecule has 0 amide bonds. The molecule has 3 nitrogen and oxygen atoms in total. The summed E-state index contributed by atoms with van der Waals surface area (Å²) in [5, 5.41) is 0. The molecule has 0 N–H and O–H groups in total. The Balaban J connectivity index is 2.37. The fourth-order valence-corrected chi connectivity index (χ4v) is 1.40. The molecule has 0 atom stereocenters. The van der Waals surface area contributed by atoms with Crippen LogP contribution in [0.4, 0.5) is 0 Å². The highest BCUT2D eigenvalue weighted by atomic mass is 15.1. The van der Waals surface area contributed by atoms with Crippen molar-refractivity contribution in [3.8, 4) is 0 Å². The molecule has 0 aliphatic carbocycles. The van der Waals surface area contributed by atoms with Gasteiger partial charge in [-0.3, -0.25) is 4.90 Å². The lowest BCUT2D eigenvalue weighted by Crippen LogP contribution is -2.24. The van der Waals surface area contributed by atoms with Crippen molar-refractivity contribution >= 4 is 0 Å². The maximum atomic E-state index is 4.32. The van der Waals surface area contributed by atoms with Gasteiger partial charge in [-0.25, -0.2) is 4.98 Å². The Kier molecular flexibility index (Phi) is 3.91. The first-order chi connectivity index (χ1) is 6.88. The zero-order valence-corrected chi connectivity index (χ0v) is 10.6. The minimum absolute atomic E-state index is 0.413. The first-order valence-electron chi connectivity index (χ1n) is 5.53. The highest BCUT2D eigenvalue weighted by Crippen LogP contribution is 2.18. The van der Waals surface area contributed by atoms with Gasteiger partial charge in [-0.1, -0.05) is 20.8 Å². The number of hydrogen-bond donors (Lipinski definition) is 0. The van der Waals surface area contributed by atoms with E-state index in [0.717, 1.165) is 18.9 Å². The first-order valence-corrected chi connectivity index (χ1v) is 5.53. The van der Waals surface area contributed by atoms with E-state index < -0.39 is 0 Å². The second-order valence-electron chi connectivity index (χ2n) is 5.50. The van der Waals surface area contributed by atoms with Crippen LogP contribution in [0.25, 0.3) is 0 Å². The van der Waals surface area contributed by atoms with E-state index in [1.54, 1.807) is 0 Å². The zero-order chi connectivity index (χ0) is 11.5. The van der Waals surface area contributed by atoms with Gasteiger partial charge in [0.15, 0.2) is 0 Å². The molecule has 1 rings (SSSR count). The summed E-state index contributed by atoms with van der Waals surface area (Å²) in [4.78, 5) is 6.65. The normalized spacial score (nSPS) is 12.4. The van der Waals surface area contributed by atoms with Crippen molar-refractivity contribution in [2.24, 2.45) is 12.5 Å². The van der Waals surface area contributed by atoms with Crippen molar-refractivity contribution in [1.29, 1.82) is 0 Å². The third-order valence-corrected chi connectivity index (χ3v) is 2.58. The Hall–Kier alpha value is -0.830. The van der Waals surface area contributed by atoms with Crippen molar-refractivity contribution in [2.75, 3.05) is 13.6 Å². The summed E-state index contributed by atoms with van der Waals surface area (Å²) in [5.74, 6) is 1.13. The highest BCUT2D eigenvalue weighted by molar-refractivity contribution is 4.90. The SMILES string of the molecule is CN(CCC(C)(C)C)Cc1nccn1C. The van der Waals surface area contributed by atoms with Gasteiger partial charge in [-0.05, 0) is 25.4 Å². The average molecular weight is 209 g/mol. The molecular formula is C12H23N3. The molecule has 3 heteroatoms. The Morgan fingerprint density at radius 1 is 1.40 bits per heavy atom. The van der Waals surface area contributed by atoms with Crippen molar-refractivity contribution in [1.82, 2.24) is 14.5 Å². The molecule has 0 aliphatic rings. The molecule has 0 radical (unpaired) electrons. The molecule has 0 fully saturated rings. The van der Waals surface area contributed by atoms with Crippen molar-refractivity contribution in [3.05, 3.63) is 18.2 Å². The van der Waals surface area contributed by atoms with Gasteiger partial charge >= 0.3 is 0 Å². The molecule has 0 saturated heterocycles. The second kappa shape index (κ2) is 4.79.